The van der Waals surface area contributed by atoms with Crippen LogP contribution in [-0.4, -0.2) is 44.4 Å². The Morgan fingerprint density at radius 2 is 1.85 bits per heavy atom. The van der Waals surface area contributed by atoms with Gasteiger partial charge in [-0.1, -0.05) is 30.3 Å². The SMILES string of the molecule is Cc1cnc(CN(C)C(=O)c2ccc(-c3nc4ccccc4c(C)c3C#N)cc2)[nH]1.O=CO. The van der Waals surface area contributed by atoms with Gasteiger partial charge in [0.2, 0.25) is 0 Å². The highest BCUT2D eigenvalue weighted by atomic mass is 16.3. The zero-order chi connectivity index (χ0) is 24.0. The first-order valence-electron chi connectivity index (χ1n) is 10.1. The molecule has 0 spiro atoms. The number of rotatable bonds is 4. The average molecular weight is 441 g/mol. The molecular formula is C25H23N5O3. The van der Waals surface area contributed by atoms with Crippen LogP contribution in [0.25, 0.3) is 22.2 Å². The summed E-state index contributed by atoms with van der Waals surface area (Å²) in [5.41, 5.74) is 5.28. The van der Waals surface area contributed by atoms with Gasteiger partial charge in [0.15, 0.2) is 0 Å². The third-order valence-corrected chi connectivity index (χ3v) is 5.16. The molecule has 0 radical (unpaired) electrons. The Labute approximate surface area is 191 Å². The van der Waals surface area contributed by atoms with E-state index >= 15 is 0 Å². The molecule has 33 heavy (non-hydrogen) atoms. The van der Waals surface area contributed by atoms with E-state index in [4.69, 9.17) is 14.9 Å². The Morgan fingerprint density at radius 1 is 1.18 bits per heavy atom. The Bertz CT molecular complexity index is 1340. The number of aryl methyl sites for hydroxylation is 2. The summed E-state index contributed by atoms with van der Waals surface area (Å²) >= 11 is 0. The number of carboxylic acid groups (broad SMARTS) is 1. The number of amides is 1. The lowest BCUT2D eigenvalue weighted by atomic mass is 9.98. The summed E-state index contributed by atoms with van der Waals surface area (Å²) in [7, 11) is 1.75. The van der Waals surface area contributed by atoms with Crippen molar-refractivity contribution in [3.05, 3.63) is 82.9 Å². The summed E-state index contributed by atoms with van der Waals surface area (Å²) in [6.45, 7) is 4.02. The van der Waals surface area contributed by atoms with Crippen LogP contribution >= 0.6 is 0 Å². The number of imidazole rings is 1. The minimum absolute atomic E-state index is 0.0984. The van der Waals surface area contributed by atoms with Crippen LogP contribution in [0, 0.1) is 25.2 Å². The van der Waals surface area contributed by atoms with Crippen molar-refractivity contribution in [2.45, 2.75) is 20.4 Å². The van der Waals surface area contributed by atoms with E-state index in [9.17, 15) is 10.1 Å². The van der Waals surface area contributed by atoms with Crippen LogP contribution in [0.15, 0.2) is 54.7 Å². The maximum Gasteiger partial charge on any atom is 0.290 e. The zero-order valence-corrected chi connectivity index (χ0v) is 18.5. The van der Waals surface area contributed by atoms with E-state index in [1.165, 1.54) is 0 Å². The highest BCUT2D eigenvalue weighted by molar-refractivity contribution is 5.95. The number of H-pyrrole nitrogens is 1. The van der Waals surface area contributed by atoms with Crippen molar-refractivity contribution in [2.24, 2.45) is 0 Å². The van der Waals surface area contributed by atoms with E-state index in [-0.39, 0.29) is 12.4 Å². The first kappa shape index (κ1) is 23.2. The average Bonchev–Trinajstić information content (AvgIpc) is 3.23. The molecule has 0 saturated carbocycles. The molecular weight excluding hydrogens is 418 g/mol. The molecule has 1 amide bonds. The number of fused-ring (bicyclic) bond motifs is 1. The smallest absolute Gasteiger partial charge is 0.290 e. The summed E-state index contributed by atoms with van der Waals surface area (Å²) in [4.78, 5) is 34.8. The highest BCUT2D eigenvalue weighted by Crippen LogP contribution is 2.29. The van der Waals surface area contributed by atoms with E-state index in [0.717, 1.165) is 33.5 Å². The number of carbonyl (C=O) groups excluding carboxylic acids is 1. The third kappa shape index (κ3) is 5.05. The molecule has 2 aromatic carbocycles. The fourth-order valence-corrected chi connectivity index (χ4v) is 3.56. The third-order valence-electron chi connectivity index (χ3n) is 5.16. The number of aromatic amines is 1. The molecule has 0 bridgehead atoms. The lowest BCUT2D eigenvalue weighted by Crippen LogP contribution is -2.26. The largest absolute Gasteiger partial charge is 0.483 e. The number of nitrogens with zero attached hydrogens (tertiary/aromatic N) is 4. The first-order valence-corrected chi connectivity index (χ1v) is 10.1. The molecule has 8 nitrogen and oxygen atoms in total. The van der Waals surface area contributed by atoms with Crippen molar-refractivity contribution in [1.29, 1.82) is 5.26 Å². The maximum atomic E-state index is 12.8. The highest BCUT2D eigenvalue weighted by Gasteiger charge is 2.16. The molecule has 4 rings (SSSR count). The van der Waals surface area contributed by atoms with Gasteiger partial charge in [0, 0.05) is 35.5 Å². The number of carbonyl (C=O) groups is 2. The summed E-state index contributed by atoms with van der Waals surface area (Å²) < 4.78 is 0. The van der Waals surface area contributed by atoms with E-state index in [2.05, 4.69) is 16.0 Å². The van der Waals surface area contributed by atoms with Crippen LogP contribution in [0.4, 0.5) is 0 Å². The second-order valence-electron chi connectivity index (χ2n) is 7.45. The summed E-state index contributed by atoms with van der Waals surface area (Å²) in [5.74, 6) is 0.647. The molecule has 0 aliphatic heterocycles. The fourth-order valence-electron chi connectivity index (χ4n) is 3.56. The van der Waals surface area contributed by atoms with Crippen molar-refractivity contribution in [3.8, 4) is 17.3 Å². The second-order valence-corrected chi connectivity index (χ2v) is 7.45. The van der Waals surface area contributed by atoms with Gasteiger partial charge in [-0.15, -0.1) is 0 Å². The van der Waals surface area contributed by atoms with Gasteiger partial charge in [-0.05, 0) is 37.6 Å². The number of hydrogen-bond acceptors (Lipinski definition) is 5. The lowest BCUT2D eigenvalue weighted by Gasteiger charge is -2.16. The molecule has 0 aliphatic rings. The van der Waals surface area contributed by atoms with Gasteiger partial charge in [-0.2, -0.15) is 5.26 Å². The Hall–Kier alpha value is -4.51. The van der Waals surface area contributed by atoms with Gasteiger partial charge < -0.3 is 15.0 Å². The van der Waals surface area contributed by atoms with Crippen LogP contribution in [0.2, 0.25) is 0 Å². The standard InChI is InChI=1S/C24H21N5O.CH2O2/c1-15-13-26-22(27-15)14-29(3)24(30)18-10-8-17(9-11-18)23-20(12-25)16(2)19-6-4-5-7-21(19)28-23;2-1-3/h4-11,13H,14H2,1-3H3,(H,26,27);1H,(H,2,3). The van der Waals surface area contributed by atoms with Crippen molar-refractivity contribution in [2.75, 3.05) is 7.05 Å². The monoisotopic (exact) mass is 441 g/mol. The van der Waals surface area contributed by atoms with Gasteiger partial charge >= 0.3 is 0 Å². The Kier molecular flexibility index (Phi) is 7.16. The number of nitrogens with one attached hydrogen (secondary N) is 1. The number of aromatic nitrogens is 3. The number of hydrogen-bond donors (Lipinski definition) is 2. The van der Waals surface area contributed by atoms with E-state index in [0.29, 0.717) is 23.4 Å². The summed E-state index contributed by atoms with van der Waals surface area (Å²) in [6, 6.07) is 17.3. The van der Waals surface area contributed by atoms with Crippen LogP contribution in [-0.2, 0) is 11.3 Å². The number of para-hydroxylation sites is 1. The molecule has 2 N–H and O–H groups in total. The molecule has 0 saturated heterocycles. The molecule has 0 atom stereocenters. The quantitative estimate of drug-likeness (QED) is 0.460. The number of pyridine rings is 1. The summed E-state index contributed by atoms with van der Waals surface area (Å²) in [5, 5.41) is 17.6. The van der Waals surface area contributed by atoms with Crippen molar-refractivity contribution >= 4 is 23.3 Å². The fraction of sp³-hybridized carbons (Fsp3) is 0.160. The summed E-state index contributed by atoms with van der Waals surface area (Å²) in [6.07, 6.45) is 1.74. The van der Waals surface area contributed by atoms with Crippen molar-refractivity contribution in [3.63, 3.8) is 0 Å². The van der Waals surface area contributed by atoms with E-state index < -0.39 is 0 Å². The van der Waals surface area contributed by atoms with Gasteiger partial charge in [0.05, 0.1) is 23.3 Å². The maximum absolute atomic E-state index is 12.8. The molecule has 8 heteroatoms. The van der Waals surface area contributed by atoms with Crippen LogP contribution in [0.5, 0.6) is 0 Å². The molecule has 2 aromatic heterocycles. The van der Waals surface area contributed by atoms with Crippen molar-refractivity contribution < 1.29 is 14.7 Å². The second kappa shape index (κ2) is 10.2. The molecule has 2 heterocycles. The normalized spacial score (nSPS) is 10.1. The predicted octanol–water partition coefficient (Wildman–Crippen LogP) is 4.09. The minimum atomic E-state index is -0.250. The van der Waals surface area contributed by atoms with E-state index in [1.807, 2.05) is 50.2 Å². The zero-order valence-electron chi connectivity index (χ0n) is 18.5. The van der Waals surface area contributed by atoms with Gasteiger partial charge in [0.1, 0.15) is 11.9 Å². The topological polar surface area (TPSA) is 123 Å². The van der Waals surface area contributed by atoms with Gasteiger partial charge in [-0.3, -0.25) is 9.59 Å². The minimum Gasteiger partial charge on any atom is -0.483 e. The Balaban J connectivity index is 0.000000968. The molecule has 166 valence electrons. The van der Waals surface area contributed by atoms with E-state index in [1.54, 1.807) is 30.3 Å². The number of nitriles is 1. The molecule has 0 aliphatic carbocycles. The van der Waals surface area contributed by atoms with Crippen LogP contribution in [0.3, 0.4) is 0 Å². The first-order chi connectivity index (χ1) is 15.9. The van der Waals surface area contributed by atoms with Crippen LogP contribution in [0.1, 0.15) is 33.0 Å². The Morgan fingerprint density at radius 3 is 2.45 bits per heavy atom. The van der Waals surface area contributed by atoms with Gasteiger partial charge in [0.25, 0.3) is 12.4 Å². The van der Waals surface area contributed by atoms with Gasteiger partial charge in [-0.25, -0.2) is 9.97 Å². The molecule has 0 fully saturated rings. The lowest BCUT2D eigenvalue weighted by molar-refractivity contribution is -0.122. The predicted molar refractivity (Wildman–Crippen MR) is 124 cm³/mol. The van der Waals surface area contributed by atoms with Crippen LogP contribution < -0.4 is 0 Å². The molecule has 0 unspecified atom stereocenters. The van der Waals surface area contributed by atoms with Crippen molar-refractivity contribution in [1.82, 2.24) is 19.9 Å². The molecule has 4 aromatic rings. The number of benzene rings is 2.